The molecule has 0 aromatic rings. The number of hydrogen-bond acceptors (Lipinski definition) is 3. The Bertz CT molecular complexity index is 361. The quantitative estimate of drug-likeness (QED) is 0.654. The third-order valence-corrected chi connectivity index (χ3v) is 3.77. The normalized spacial score (nSPS) is 31.8. The highest BCUT2D eigenvalue weighted by Gasteiger charge is 2.31. The van der Waals surface area contributed by atoms with Crippen LogP contribution in [-0.4, -0.2) is 35.5 Å². The molecule has 2 aliphatic rings. The highest BCUT2D eigenvalue weighted by Crippen LogP contribution is 2.29. The van der Waals surface area contributed by atoms with Gasteiger partial charge in [-0.1, -0.05) is 0 Å². The summed E-state index contributed by atoms with van der Waals surface area (Å²) in [5, 5.41) is 14.4. The SMILES string of the molecule is O=C1CC(NC(=O)C2CCC(C(=O)O)CC2)CN1. The molecular formula is C12H18N2O4. The summed E-state index contributed by atoms with van der Waals surface area (Å²) in [4.78, 5) is 33.7. The molecule has 0 radical (unpaired) electrons. The fraction of sp³-hybridized carbons (Fsp3) is 0.750. The van der Waals surface area contributed by atoms with E-state index in [0.29, 0.717) is 38.6 Å². The van der Waals surface area contributed by atoms with Gasteiger partial charge in [-0.3, -0.25) is 14.4 Å². The average molecular weight is 254 g/mol. The molecule has 0 spiro atoms. The van der Waals surface area contributed by atoms with Gasteiger partial charge in [0.2, 0.25) is 11.8 Å². The molecule has 1 atom stereocenters. The first kappa shape index (κ1) is 12.9. The van der Waals surface area contributed by atoms with Gasteiger partial charge in [-0.05, 0) is 25.7 Å². The van der Waals surface area contributed by atoms with E-state index in [-0.39, 0.29) is 29.7 Å². The molecule has 1 saturated carbocycles. The lowest BCUT2D eigenvalue weighted by Crippen LogP contribution is -2.41. The van der Waals surface area contributed by atoms with E-state index in [4.69, 9.17) is 5.11 Å². The molecule has 1 saturated heterocycles. The van der Waals surface area contributed by atoms with Gasteiger partial charge < -0.3 is 15.7 Å². The summed E-state index contributed by atoms with van der Waals surface area (Å²) in [5.74, 6) is -1.24. The summed E-state index contributed by atoms with van der Waals surface area (Å²) in [6, 6.07) is -0.109. The Labute approximate surface area is 105 Å². The number of carbonyl (C=O) groups excluding carboxylic acids is 2. The minimum absolute atomic E-state index is 0.0325. The molecule has 0 aromatic carbocycles. The van der Waals surface area contributed by atoms with Crippen LogP contribution in [0.3, 0.4) is 0 Å². The van der Waals surface area contributed by atoms with Crippen molar-refractivity contribution in [2.45, 2.75) is 38.1 Å². The van der Waals surface area contributed by atoms with Gasteiger partial charge in [0.15, 0.2) is 0 Å². The average Bonchev–Trinajstić information content (AvgIpc) is 2.75. The lowest BCUT2D eigenvalue weighted by molar-refractivity contribution is -0.144. The summed E-state index contributed by atoms with van der Waals surface area (Å²) in [5.41, 5.74) is 0. The number of carboxylic acid groups (broad SMARTS) is 1. The highest BCUT2D eigenvalue weighted by molar-refractivity contribution is 5.83. The van der Waals surface area contributed by atoms with Crippen molar-refractivity contribution in [2.75, 3.05) is 6.54 Å². The second-order valence-electron chi connectivity index (χ2n) is 5.10. The molecule has 2 amide bonds. The second kappa shape index (κ2) is 5.37. The summed E-state index contributed by atoms with van der Waals surface area (Å²) in [6.07, 6.45) is 2.72. The Kier molecular flexibility index (Phi) is 3.84. The van der Waals surface area contributed by atoms with Crippen molar-refractivity contribution in [2.24, 2.45) is 11.8 Å². The third-order valence-electron chi connectivity index (χ3n) is 3.77. The van der Waals surface area contributed by atoms with Gasteiger partial charge in [0.25, 0.3) is 0 Å². The van der Waals surface area contributed by atoms with E-state index < -0.39 is 5.97 Å². The largest absolute Gasteiger partial charge is 0.481 e. The van der Waals surface area contributed by atoms with E-state index in [1.54, 1.807) is 0 Å². The van der Waals surface area contributed by atoms with Crippen LogP contribution in [-0.2, 0) is 14.4 Å². The molecule has 1 unspecified atom stereocenters. The molecule has 0 aromatic heterocycles. The molecule has 2 fully saturated rings. The molecule has 3 N–H and O–H groups in total. The first-order chi connectivity index (χ1) is 8.56. The topological polar surface area (TPSA) is 95.5 Å². The molecule has 0 bridgehead atoms. The van der Waals surface area contributed by atoms with E-state index in [0.717, 1.165) is 0 Å². The van der Waals surface area contributed by atoms with E-state index in [2.05, 4.69) is 10.6 Å². The first-order valence-electron chi connectivity index (χ1n) is 6.36. The van der Waals surface area contributed by atoms with Crippen molar-refractivity contribution < 1.29 is 19.5 Å². The van der Waals surface area contributed by atoms with Gasteiger partial charge in [0, 0.05) is 18.9 Å². The lowest BCUT2D eigenvalue weighted by atomic mass is 9.81. The van der Waals surface area contributed by atoms with Crippen LogP contribution in [0.4, 0.5) is 0 Å². The van der Waals surface area contributed by atoms with Crippen LogP contribution in [0.25, 0.3) is 0 Å². The molecule has 100 valence electrons. The summed E-state index contributed by atoms with van der Waals surface area (Å²) < 4.78 is 0. The number of amides is 2. The van der Waals surface area contributed by atoms with Gasteiger partial charge in [0.1, 0.15) is 0 Å². The van der Waals surface area contributed by atoms with Crippen molar-refractivity contribution in [3.63, 3.8) is 0 Å². The third kappa shape index (κ3) is 3.00. The Hall–Kier alpha value is -1.59. The molecule has 1 heterocycles. The van der Waals surface area contributed by atoms with Gasteiger partial charge in [-0.25, -0.2) is 0 Å². The summed E-state index contributed by atoms with van der Waals surface area (Å²) >= 11 is 0. The van der Waals surface area contributed by atoms with Crippen LogP contribution in [0.5, 0.6) is 0 Å². The van der Waals surface area contributed by atoms with Crippen LogP contribution >= 0.6 is 0 Å². The van der Waals surface area contributed by atoms with Crippen molar-refractivity contribution in [1.82, 2.24) is 10.6 Å². The fourth-order valence-electron chi connectivity index (χ4n) is 2.63. The zero-order chi connectivity index (χ0) is 13.1. The zero-order valence-electron chi connectivity index (χ0n) is 10.1. The zero-order valence-corrected chi connectivity index (χ0v) is 10.1. The fourth-order valence-corrected chi connectivity index (χ4v) is 2.63. The van der Waals surface area contributed by atoms with Crippen LogP contribution in [0.2, 0.25) is 0 Å². The smallest absolute Gasteiger partial charge is 0.306 e. The number of carbonyl (C=O) groups is 3. The summed E-state index contributed by atoms with van der Waals surface area (Å²) in [6.45, 7) is 0.495. The number of nitrogens with one attached hydrogen (secondary N) is 2. The number of aliphatic carboxylic acids is 1. The summed E-state index contributed by atoms with van der Waals surface area (Å²) in [7, 11) is 0. The minimum atomic E-state index is -0.764. The van der Waals surface area contributed by atoms with Gasteiger partial charge in [-0.2, -0.15) is 0 Å². The van der Waals surface area contributed by atoms with Crippen LogP contribution in [0.15, 0.2) is 0 Å². The maximum absolute atomic E-state index is 11.9. The molecule has 6 heteroatoms. The Balaban J connectivity index is 1.77. The number of carboxylic acids is 1. The van der Waals surface area contributed by atoms with E-state index >= 15 is 0 Å². The minimum Gasteiger partial charge on any atom is -0.481 e. The monoisotopic (exact) mass is 254 g/mol. The van der Waals surface area contributed by atoms with E-state index in [1.807, 2.05) is 0 Å². The van der Waals surface area contributed by atoms with Crippen molar-refractivity contribution in [3.8, 4) is 0 Å². The molecular weight excluding hydrogens is 236 g/mol. The van der Waals surface area contributed by atoms with E-state index in [9.17, 15) is 14.4 Å². The number of rotatable bonds is 3. The lowest BCUT2D eigenvalue weighted by Gasteiger charge is -2.26. The molecule has 6 nitrogen and oxygen atoms in total. The molecule has 2 rings (SSSR count). The van der Waals surface area contributed by atoms with Crippen molar-refractivity contribution >= 4 is 17.8 Å². The predicted octanol–water partition coefficient (Wildman–Crippen LogP) is -0.118. The Morgan fingerprint density at radius 2 is 1.78 bits per heavy atom. The van der Waals surface area contributed by atoms with Gasteiger partial charge >= 0.3 is 5.97 Å². The standard InChI is InChI=1S/C12H18N2O4/c15-10-5-9(6-13-10)14-11(16)7-1-3-8(4-2-7)12(17)18/h7-9H,1-6H2,(H,13,15)(H,14,16)(H,17,18). The molecule has 1 aliphatic heterocycles. The maximum atomic E-state index is 11.9. The molecule has 1 aliphatic carbocycles. The highest BCUT2D eigenvalue weighted by atomic mass is 16.4. The van der Waals surface area contributed by atoms with Crippen molar-refractivity contribution in [1.29, 1.82) is 0 Å². The predicted molar refractivity (Wildman–Crippen MR) is 62.6 cm³/mol. The van der Waals surface area contributed by atoms with Crippen LogP contribution in [0.1, 0.15) is 32.1 Å². The van der Waals surface area contributed by atoms with Crippen LogP contribution in [0, 0.1) is 11.8 Å². The first-order valence-corrected chi connectivity index (χ1v) is 6.36. The second-order valence-corrected chi connectivity index (χ2v) is 5.10. The van der Waals surface area contributed by atoms with Gasteiger partial charge in [-0.15, -0.1) is 0 Å². The van der Waals surface area contributed by atoms with Crippen LogP contribution < -0.4 is 10.6 Å². The number of hydrogen-bond donors (Lipinski definition) is 3. The van der Waals surface area contributed by atoms with Gasteiger partial charge in [0.05, 0.1) is 12.0 Å². The van der Waals surface area contributed by atoms with Crippen molar-refractivity contribution in [3.05, 3.63) is 0 Å². The molecule has 18 heavy (non-hydrogen) atoms. The Morgan fingerprint density at radius 3 is 2.28 bits per heavy atom. The van der Waals surface area contributed by atoms with E-state index in [1.165, 1.54) is 0 Å². The Morgan fingerprint density at radius 1 is 1.17 bits per heavy atom. The maximum Gasteiger partial charge on any atom is 0.306 e.